The fourth-order valence-electron chi connectivity index (χ4n) is 2.61. The Balaban J connectivity index is 1.83. The van der Waals surface area contributed by atoms with Crippen LogP contribution >= 0.6 is 0 Å². The van der Waals surface area contributed by atoms with Gasteiger partial charge in [-0.1, -0.05) is 12.1 Å². The molecule has 7 nitrogen and oxygen atoms in total. The second kappa shape index (κ2) is 10.2. The predicted molar refractivity (Wildman–Crippen MR) is 111 cm³/mol. The van der Waals surface area contributed by atoms with Gasteiger partial charge >= 0.3 is 5.97 Å². The van der Waals surface area contributed by atoms with E-state index in [2.05, 4.69) is 10.0 Å². The maximum atomic E-state index is 12.3. The molecule has 156 valence electrons. The Hall–Kier alpha value is -2.71. The van der Waals surface area contributed by atoms with E-state index < -0.39 is 16.0 Å². The van der Waals surface area contributed by atoms with Crippen LogP contribution in [0.25, 0.3) is 0 Å². The summed E-state index contributed by atoms with van der Waals surface area (Å²) in [5.74, 6) is -0.670. The van der Waals surface area contributed by atoms with E-state index in [0.717, 1.165) is 16.8 Å². The summed E-state index contributed by atoms with van der Waals surface area (Å²) in [5.41, 5.74) is 3.06. The zero-order chi connectivity index (χ0) is 21.4. The summed E-state index contributed by atoms with van der Waals surface area (Å²) < 4.78 is 32.0. The fourth-order valence-corrected chi connectivity index (χ4v) is 3.68. The third kappa shape index (κ3) is 6.69. The average molecular weight is 419 g/mol. The van der Waals surface area contributed by atoms with E-state index in [1.807, 2.05) is 32.0 Å². The first-order chi connectivity index (χ1) is 13.7. The van der Waals surface area contributed by atoms with Crippen LogP contribution in [0.4, 0.5) is 5.69 Å². The molecule has 8 heteroatoms. The van der Waals surface area contributed by atoms with Crippen LogP contribution in [-0.4, -0.2) is 33.4 Å². The first-order valence-electron chi connectivity index (χ1n) is 9.37. The third-order valence-corrected chi connectivity index (χ3v) is 5.69. The van der Waals surface area contributed by atoms with Crippen LogP contribution < -0.4 is 10.0 Å². The number of amides is 1. The molecule has 29 heavy (non-hydrogen) atoms. The van der Waals surface area contributed by atoms with Gasteiger partial charge in [0, 0.05) is 18.7 Å². The number of esters is 1. The monoisotopic (exact) mass is 418 g/mol. The summed E-state index contributed by atoms with van der Waals surface area (Å²) in [5, 5.41) is 2.85. The Kier molecular flexibility index (Phi) is 7.92. The lowest BCUT2D eigenvalue weighted by atomic mass is 10.1. The van der Waals surface area contributed by atoms with Crippen molar-refractivity contribution in [3.63, 3.8) is 0 Å². The molecule has 2 N–H and O–H groups in total. The Morgan fingerprint density at radius 3 is 2.38 bits per heavy atom. The lowest BCUT2D eigenvalue weighted by molar-refractivity contribution is -0.116. The van der Waals surface area contributed by atoms with Crippen molar-refractivity contribution < 1.29 is 22.7 Å². The number of anilines is 1. The van der Waals surface area contributed by atoms with Gasteiger partial charge in [0.1, 0.15) is 0 Å². The van der Waals surface area contributed by atoms with Crippen LogP contribution in [0.3, 0.4) is 0 Å². The van der Waals surface area contributed by atoms with Crippen molar-refractivity contribution in [1.82, 2.24) is 4.72 Å². The molecule has 0 bridgehead atoms. The average Bonchev–Trinajstić information content (AvgIpc) is 2.68. The lowest BCUT2D eigenvalue weighted by Gasteiger charge is -2.10. The lowest BCUT2D eigenvalue weighted by Crippen LogP contribution is -2.26. The van der Waals surface area contributed by atoms with Crippen LogP contribution in [0.15, 0.2) is 47.4 Å². The first kappa shape index (κ1) is 22.6. The topological polar surface area (TPSA) is 102 Å². The molecule has 0 unspecified atom stereocenters. The van der Waals surface area contributed by atoms with Crippen LogP contribution in [0.1, 0.15) is 41.3 Å². The second-order valence-electron chi connectivity index (χ2n) is 6.61. The summed E-state index contributed by atoms with van der Waals surface area (Å²) in [4.78, 5) is 23.8. The van der Waals surface area contributed by atoms with Crippen molar-refractivity contribution in [1.29, 1.82) is 0 Å². The fraction of sp³-hybridized carbons (Fsp3) is 0.333. The summed E-state index contributed by atoms with van der Waals surface area (Å²) in [6.45, 7) is 5.93. The molecule has 2 aromatic rings. The number of benzene rings is 2. The predicted octanol–water partition coefficient (Wildman–Crippen LogP) is 3.18. The van der Waals surface area contributed by atoms with E-state index >= 15 is 0 Å². The smallest absolute Gasteiger partial charge is 0.338 e. The highest BCUT2D eigenvalue weighted by Crippen LogP contribution is 2.17. The van der Waals surface area contributed by atoms with E-state index in [1.165, 1.54) is 24.3 Å². The van der Waals surface area contributed by atoms with Gasteiger partial charge in [-0.15, -0.1) is 0 Å². The van der Waals surface area contributed by atoms with E-state index in [0.29, 0.717) is 6.42 Å². The summed E-state index contributed by atoms with van der Waals surface area (Å²) in [6.07, 6.45) is 0.550. The number of carbonyl (C=O) groups excluding carboxylic acids is 2. The molecule has 0 aliphatic rings. The van der Waals surface area contributed by atoms with Gasteiger partial charge in [0.2, 0.25) is 15.9 Å². The van der Waals surface area contributed by atoms with E-state index in [4.69, 9.17) is 4.74 Å². The molecule has 0 aliphatic heterocycles. The number of aryl methyl sites for hydroxylation is 2. The molecule has 0 saturated carbocycles. The van der Waals surface area contributed by atoms with Crippen molar-refractivity contribution in [2.24, 2.45) is 0 Å². The maximum Gasteiger partial charge on any atom is 0.338 e. The Morgan fingerprint density at radius 2 is 1.72 bits per heavy atom. The molecule has 0 saturated heterocycles. The molecule has 0 aromatic heterocycles. The van der Waals surface area contributed by atoms with Gasteiger partial charge in [0.15, 0.2) is 0 Å². The van der Waals surface area contributed by atoms with Crippen LogP contribution in [0.2, 0.25) is 0 Å². The van der Waals surface area contributed by atoms with Crippen molar-refractivity contribution in [3.8, 4) is 0 Å². The number of nitrogens with one attached hydrogen (secondary N) is 2. The van der Waals surface area contributed by atoms with Gasteiger partial charge in [0.25, 0.3) is 0 Å². The number of carbonyl (C=O) groups is 2. The Morgan fingerprint density at radius 1 is 1.03 bits per heavy atom. The number of ether oxygens (including phenoxy) is 1. The van der Waals surface area contributed by atoms with Crippen LogP contribution in [-0.2, 0) is 19.6 Å². The molecule has 2 aromatic carbocycles. The van der Waals surface area contributed by atoms with Gasteiger partial charge in [-0.05, 0) is 68.7 Å². The minimum Gasteiger partial charge on any atom is -0.462 e. The number of hydrogen-bond acceptors (Lipinski definition) is 5. The van der Waals surface area contributed by atoms with Crippen molar-refractivity contribution in [3.05, 3.63) is 59.2 Å². The molecule has 0 fully saturated rings. The van der Waals surface area contributed by atoms with Crippen molar-refractivity contribution >= 4 is 27.6 Å². The van der Waals surface area contributed by atoms with Crippen molar-refractivity contribution in [2.45, 2.75) is 38.5 Å². The van der Waals surface area contributed by atoms with E-state index in [9.17, 15) is 18.0 Å². The van der Waals surface area contributed by atoms with Crippen molar-refractivity contribution in [2.75, 3.05) is 18.5 Å². The molecular formula is C21H26N2O5S. The van der Waals surface area contributed by atoms with Crippen LogP contribution in [0.5, 0.6) is 0 Å². The normalized spacial score (nSPS) is 11.1. The summed E-state index contributed by atoms with van der Waals surface area (Å²) in [6, 6.07) is 11.3. The minimum atomic E-state index is -3.72. The Bertz CT molecular complexity index is 969. The highest BCUT2D eigenvalue weighted by atomic mass is 32.2. The van der Waals surface area contributed by atoms with E-state index in [-0.39, 0.29) is 35.9 Å². The molecule has 0 radical (unpaired) electrons. The minimum absolute atomic E-state index is 0.0467. The summed E-state index contributed by atoms with van der Waals surface area (Å²) in [7, 11) is -3.72. The SMILES string of the molecule is CCOC(=O)c1ccc(S(=O)(=O)NCCCC(=O)Nc2cc(C)ccc2C)cc1. The zero-order valence-electron chi connectivity index (χ0n) is 16.8. The quantitative estimate of drug-likeness (QED) is 0.481. The molecule has 1 amide bonds. The third-order valence-electron chi connectivity index (χ3n) is 4.22. The van der Waals surface area contributed by atoms with E-state index in [1.54, 1.807) is 6.92 Å². The van der Waals surface area contributed by atoms with Gasteiger partial charge < -0.3 is 10.1 Å². The number of sulfonamides is 1. The first-order valence-corrected chi connectivity index (χ1v) is 10.8. The molecule has 2 rings (SSSR count). The van der Waals surface area contributed by atoms with Crippen LogP contribution in [0, 0.1) is 13.8 Å². The van der Waals surface area contributed by atoms with Gasteiger partial charge in [-0.2, -0.15) is 0 Å². The van der Waals surface area contributed by atoms with Gasteiger partial charge in [-0.25, -0.2) is 17.9 Å². The largest absolute Gasteiger partial charge is 0.462 e. The number of rotatable bonds is 9. The molecule has 0 atom stereocenters. The van der Waals surface area contributed by atoms with Gasteiger partial charge in [-0.3, -0.25) is 4.79 Å². The second-order valence-corrected chi connectivity index (χ2v) is 8.38. The highest BCUT2D eigenvalue weighted by Gasteiger charge is 2.15. The standard InChI is InChI=1S/C21H26N2O5S/c1-4-28-21(25)17-9-11-18(12-10-17)29(26,27)22-13-5-6-20(24)23-19-14-15(2)7-8-16(19)3/h7-12,14,22H,4-6,13H2,1-3H3,(H,23,24). The highest BCUT2D eigenvalue weighted by molar-refractivity contribution is 7.89. The van der Waals surface area contributed by atoms with Gasteiger partial charge in [0.05, 0.1) is 17.1 Å². The maximum absolute atomic E-state index is 12.3. The number of hydrogen-bond donors (Lipinski definition) is 2. The Labute approximate surface area is 171 Å². The molecule has 0 spiro atoms. The molecular weight excluding hydrogens is 392 g/mol. The molecule has 0 aliphatic carbocycles. The summed E-state index contributed by atoms with van der Waals surface area (Å²) >= 11 is 0. The molecule has 0 heterocycles. The zero-order valence-corrected chi connectivity index (χ0v) is 17.6.